The molecule has 4 heteroatoms. The lowest BCUT2D eigenvalue weighted by molar-refractivity contribution is 0.316. The van der Waals surface area contributed by atoms with Crippen LogP contribution in [0.15, 0.2) is 30.3 Å². The predicted molar refractivity (Wildman–Crippen MR) is 66.0 cm³/mol. The fourth-order valence-electron chi connectivity index (χ4n) is 1.63. The van der Waals surface area contributed by atoms with E-state index in [0.29, 0.717) is 6.61 Å². The molecule has 4 nitrogen and oxygen atoms in total. The molecule has 1 aromatic carbocycles. The lowest BCUT2D eigenvalue weighted by Gasteiger charge is -2.08. The zero-order valence-electron chi connectivity index (χ0n) is 10.3. The van der Waals surface area contributed by atoms with Gasteiger partial charge in [-0.2, -0.15) is 5.10 Å². The Labute approximate surface area is 101 Å². The van der Waals surface area contributed by atoms with E-state index in [1.807, 2.05) is 44.2 Å². The molecule has 0 N–H and O–H groups in total. The molecule has 0 aliphatic carbocycles. The number of nitrogens with zero attached hydrogens (tertiary/aromatic N) is 2. The molecule has 2 rings (SSSR count). The van der Waals surface area contributed by atoms with Gasteiger partial charge >= 0.3 is 0 Å². The first kappa shape index (κ1) is 11.5. The smallest absolute Gasteiger partial charge is 0.216 e. The number of benzene rings is 1. The van der Waals surface area contributed by atoms with Crippen LogP contribution in [0.2, 0.25) is 0 Å². The van der Waals surface area contributed by atoms with E-state index in [9.17, 15) is 0 Å². The second kappa shape index (κ2) is 4.91. The first-order valence-electron chi connectivity index (χ1n) is 5.58. The van der Waals surface area contributed by atoms with Crippen molar-refractivity contribution in [2.45, 2.75) is 13.8 Å². The van der Waals surface area contributed by atoms with Crippen molar-refractivity contribution in [1.29, 1.82) is 0 Å². The zero-order chi connectivity index (χ0) is 12.3. The van der Waals surface area contributed by atoms with Gasteiger partial charge in [-0.3, -0.25) is 0 Å². The monoisotopic (exact) mass is 232 g/mol. The number of methoxy groups -OCH3 is 1. The van der Waals surface area contributed by atoms with Crippen molar-refractivity contribution in [3.8, 4) is 17.3 Å². The lowest BCUT2D eigenvalue weighted by atomic mass is 10.3. The summed E-state index contributed by atoms with van der Waals surface area (Å²) in [7, 11) is 1.65. The summed E-state index contributed by atoms with van der Waals surface area (Å²) in [5.41, 5.74) is 1.90. The summed E-state index contributed by atoms with van der Waals surface area (Å²) in [5, 5.41) is 4.41. The molecule has 90 valence electrons. The molecule has 0 aliphatic rings. The molecule has 0 aliphatic heterocycles. The highest BCUT2D eigenvalue weighted by Crippen LogP contribution is 2.21. The first-order valence-corrected chi connectivity index (χ1v) is 5.58. The quantitative estimate of drug-likeness (QED) is 0.813. The molecule has 0 radical (unpaired) electrons. The van der Waals surface area contributed by atoms with Crippen molar-refractivity contribution in [3.05, 3.63) is 36.0 Å². The zero-order valence-corrected chi connectivity index (χ0v) is 10.3. The molecule has 0 unspecified atom stereocenters. The Bertz CT molecular complexity index is 489. The standard InChI is InChI=1S/C13H16N2O2/c1-4-17-13-9-10(2)14-15(13)11-5-7-12(16-3)8-6-11/h5-9H,4H2,1-3H3. The maximum absolute atomic E-state index is 5.54. The van der Waals surface area contributed by atoms with Gasteiger partial charge in [-0.25, -0.2) is 4.68 Å². The number of rotatable bonds is 4. The maximum atomic E-state index is 5.54. The summed E-state index contributed by atoms with van der Waals surface area (Å²) in [6.07, 6.45) is 0. The van der Waals surface area contributed by atoms with Gasteiger partial charge in [0.05, 0.1) is 25.1 Å². The van der Waals surface area contributed by atoms with E-state index in [1.54, 1.807) is 11.8 Å². The van der Waals surface area contributed by atoms with Crippen LogP contribution in [0.5, 0.6) is 11.6 Å². The minimum absolute atomic E-state index is 0.626. The Hall–Kier alpha value is -1.97. The van der Waals surface area contributed by atoms with Gasteiger partial charge in [-0.05, 0) is 38.1 Å². The average molecular weight is 232 g/mol. The van der Waals surface area contributed by atoms with E-state index < -0.39 is 0 Å². The van der Waals surface area contributed by atoms with Crippen molar-refractivity contribution < 1.29 is 9.47 Å². The van der Waals surface area contributed by atoms with Gasteiger partial charge in [-0.15, -0.1) is 0 Å². The highest BCUT2D eigenvalue weighted by molar-refractivity contribution is 5.39. The van der Waals surface area contributed by atoms with Crippen LogP contribution < -0.4 is 9.47 Å². The van der Waals surface area contributed by atoms with E-state index in [-0.39, 0.29) is 0 Å². The summed E-state index contributed by atoms with van der Waals surface area (Å²) >= 11 is 0. The van der Waals surface area contributed by atoms with Crippen LogP contribution in [0.1, 0.15) is 12.6 Å². The SMILES string of the molecule is CCOc1cc(C)nn1-c1ccc(OC)cc1. The second-order valence-electron chi connectivity index (χ2n) is 3.67. The minimum Gasteiger partial charge on any atom is -0.497 e. The van der Waals surface area contributed by atoms with Crippen LogP contribution >= 0.6 is 0 Å². The third-order valence-corrected chi connectivity index (χ3v) is 2.41. The van der Waals surface area contributed by atoms with Crippen LogP contribution in [-0.2, 0) is 0 Å². The number of aromatic nitrogens is 2. The van der Waals surface area contributed by atoms with Crippen molar-refractivity contribution in [3.63, 3.8) is 0 Å². The van der Waals surface area contributed by atoms with E-state index in [2.05, 4.69) is 5.10 Å². The largest absolute Gasteiger partial charge is 0.497 e. The Morgan fingerprint density at radius 3 is 2.53 bits per heavy atom. The molecule has 0 saturated heterocycles. The highest BCUT2D eigenvalue weighted by Gasteiger charge is 2.08. The molecule has 0 bridgehead atoms. The molecular weight excluding hydrogens is 216 g/mol. The van der Waals surface area contributed by atoms with Crippen molar-refractivity contribution in [1.82, 2.24) is 9.78 Å². The van der Waals surface area contributed by atoms with Gasteiger partial charge < -0.3 is 9.47 Å². The number of ether oxygens (including phenoxy) is 2. The summed E-state index contributed by atoms with van der Waals surface area (Å²) in [6, 6.07) is 9.64. The Kier molecular flexibility index (Phi) is 3.32. The van der Waals surface area contributed by atoms with Crippen LogP contribution in [0, 0.1) is 6.92 Å². The van der Waals surface area contributed by atoms with Crippen LogP contribution in [0.4, 0.5) is 0 Å². The Morgan fingerprint density at radius 2 is 1.94 bits per heavy atom. The third kappa shape index (κ3) is 2.41. The molecule has 0 saturated carbocycles. The maximum Gasteiger partial charge on any atom is 0.216 e. The molecule has 0 atom stereocenters. The number of aryl methyl sites for hydroxylation is 1. The van der Waals surface area contributed by atoms with E-state index in [1.165, 1.54) is 0 Å². The molecule has 0 fully saturated rings. The van der Waals surface area contributed by atoms with E-state index in [0.717, 1.165) is 23.0 Å². The van der Waals surface area contributed by atoms with Gasteiger partial charge in [0.2, 0.25) is 5.88 Å². The Morgan fingerprint density at radius 1 is 1.24 bits per heavy atom. The van der Waals surface area contributed by atoms with Crippen molar-refractivity contribution in [2.24, 2.45) is 0 Å². The molecule has 1 aromatic heterocycles. The summed E-state index contributed by atoms with van der Waals surface area (Å²) in [6.45, 7) is 4.53. The van der Waals surface area contributed by atoms with Gasteiger partial charge in [-0.1, -0.05) is 0 Å². The number of hydrogen-bond acceptors (Lipinski definition) is 3. The lowest BCUT2D eigenvalue weighted by Crippen LogP contribution is -2.02. The van der Waals surface area contributed by atoms with Crippen LogP contribution in [0.3, 0.4) is 0 Å². The average Bonchev–Trinajstić information content (AvgIpc) is 2.71. The molecule has 2 aromatic rings. The van der Waals surface area contributed by atoms with Crippen LogP contribution in [0.25, 0.3) is 5.69 Å². The Balaban J connectivity index is 2.37. The number of hydrogen-bond donors (Lipinski definition) is 0. The topological polar surface area (TPSA) is 36.3 Å². The van der Waals surface area contributed by atoms with Gasteiger partial charge in [0.1, 0.15) is 5.75 Å². The van der Waals surface area contributed by atoms with E-state index >= 15 is 0 Å². The van der Waals surface area contributed by atoms with Gasteiger partial charge in [0.15, 0.2) is 0 Å². The molecule has 17 heavy (non-hydrogen) atoms. The minimum atomic E-state index is 0.626. The highest BCUT2D eigenvalue weighted by atomic mass is 16.5. The molecule has 0 amide bonds. The molecule has 1 heterocycles. The van der Waals surface area contributed by atoms with Gasteiger partial charge in [0, 0.05) is 6.07 Å². The fourth-order valence-corrected chi connectivity index (χ4v) is 1.63. The summed E-state index contributed by atoms with van der Waals surface area (Å²) < 4.78 is 12.5. The normalized spacial score (nSPS) is 10.3. The van der Waals surface area contributed by atoms with Crippen molar-refractivity contribution >= 4 is 0 Å². The predicted octanol–water partition coefficient (Wildman–Crippen LogP) is 2.59. The fraction of sp³-hybridized carbons (Fsp3) is 0.308. The second-order valence-corrected chi connectivity index (χ2v) is 3.67. The van der Waals surface area contributed by atoms with Gasteiger partial charge in [0.25, 0.3) is 0 Å². The van der Waals surface area contributed by atoms with Crippen LogP contribution in [-0.4, -0.2) is 23.5 Å². The van der Waals surface area contributed by atoms with Crippen molar-refractivity contribution in [2.75, 3.05) is 13.7 Å². The third-order valence-electron chi connectivity index (χ3n) is 2.41. The first-order chi connectivity index (χ1) is 8.24. The molecule has 0 spiro atoms. The molecular formula is C13H16N2O2. The summed E-state index contributed by atoms with van der Waals surface area (Å²) in [5.74, 6) is 1.59. The summed E-state index contributed by atoms with van der Waals surface area (Å²) in [4.78, 5) is 0. The van der Waals surface area contributed by atoms with E-state index in [4.69, 9.17) is 9.47 Å².